The SMILES string of the molecule is Cc1[c]cccc1C(F)(F)F. The molecule has 0 saturated carbocycles. The zero-order valence-corrected chi connectivity index (χ0v) is 5.87. The number of aryl methyl sites for hydroxylation is 1. The second-order valence-electron chi connectivity index (χ2n) is 2.21. The van der Waals surface area contributed by atoms with Gasteiger partial charge in [0.25, 0.3) is 0 Å². The summed E-state index contributed by atoms with van der Waals surface area (Å²) in [6.45, 7) is 1.39. The lowest BCUT2D eigenvalue weighted by atomic mass is 10.1. The van der Waals surface area contributed by atoms with Crippen LogP contribution in [-0.2, 0) is 6.18 Å². The number of hydrogen-bond donors (Lipinski definition) is 0. The normalized spacial score (nSPS) is 11.6. The van der Waals surface area contributed by atoms with Gasteiger partial charge in [-0.25, -0.2) is 0 Å². The molecule has 0 atom stereocenters. The minimum atomic E-state index is -4.25. The van der Waals surface area contributed by atoms with Gasteiger partial charge in [0.15, 0.2) is 0 Å². The van der Waals surface area contributed by atoms with Crippen molar-refractivity contribution >= 4 is 0 Å². The highest BCUT2D eigenvalue weighted by Crippen LogP contribution is 2.30. The van der Waals surface area contributed by atoms with Gasteiger partial charge in [-0.3, -0.25) is 0 Å². The van der Waals surface area contributed by atoms with Crippen LogP contribution < -0.4 is 0 Å². The average molecular weight is 159 g/mol. The van der Waals surface area contributed by atoms with E-state index in [1.54, 1.807) is 0 Å². The highest BCUT2D eigenvalue weighted by molar-refractivity contribution is 5.26. The van der Waals surface area contributed by atoms with Gasteiger partial charge in [0.05, 0.1) is 5.56 Å². The van der Waals surface area contributed by atoms with Crippen LogP contribution in [0, 0.1) is 13.0 Å². The molecule has 3 heteroatoms. The summed E-state index contributed by atoms with van der Waals surface area (Å²) in [6, 6.07) is 6.33. The highest BCUT2D eigenvalue weighted by atomic mass is 19.4. The van der Waals surface area contributed by atoms with Crippen molar-refractivity contribution < 1.29 is 13.2 Å². The maximum Gasteiger partial charge on any atom is 0.416 e. The quantitative estimate of drug-likeness (QED) is 0.546. The molecule has 1 radical (unpaired) electrons. The molecule has 1 aromatic carbocycles. The van der Waals surface area contributed by atoms with Crippen molar-refractivity contribution in [1.29, 1.82) is 0 Å². The molecule has 0 saturated heterocycles. The van der Waals surface area contributed by atoms with Crippen LogP contribution >= 0.6 is 0 Å². The third-order valence-electron chi connectivity index (χ3n) is 1.37. The van der Waals surface area contributed by atoms with Crippen LogP contribution in [0.25, 0.3) is 0 Å². The van der Waals surface area contributed by atoms with Crippen LogP contribution in [0.5, 0.6) is 0 Å². The third kappa shape index (κ3) is 1.73. The van der Waals surface area contributed by atoms with E-state index in [0.29, 0.717) is 0 Å². The molecule has 0 nitrogen and oxygen atoms in total. The van der Waals surface area contributed by atoms with Crippen LogP contribution in [-0.4, -0.2) is 0 Å². The summed E-state index contributed by atoms with van der Waals surface area (Å²) in [4.78, 5) is 0. The van der Waals surface area contributed by atoms with Gasteiger partial charge in [-0.05, 0) is 24.6 Å². The first kappa shape index (κ1) is 8.11. The van der Waals surface area contributed by atoms with E-state index in [-0.39, 0.29) is 5.56 Å². The fraction of sp³-hybridized carbons (Fsp3) is 0.250. The first-order valence-corrected chi connectivity index (χ1v) is 3.06. The number of alkyl halides is 3. The van der Waals surface area contributed by atoms with Crippen molar-refractivity contribution in [3.63, 3.8) is 0 Å². The van der Waals surface area contributed by atoms with Crippen LogP contribution in [0.4, 0.5) is 13.2 Å². The lowest BCUT2D eigenvalue weighted by molar-refractivity contribution is -0.138. The van der Waals surface area contributed by atoms with Crippen LogP contribution in [0.1, 0.15) is 11.1 Å². The molecular formula is C8H6F3. The number of benzene rings is 1. The van der Waals surface area contributed by atoms with E-state index in [1.165, 1.54) is 19.1 Å². The molecule has 0 unspecified atom stereocenters. The van der Waals surface area contributed by atoms with Crippen LogP contribution in [0.15, 0.2) is 18.2 Å². The Morgan fingerprint density at radius 2 is 2.00 bits per heavy atom. The van der Waals surface area contributed by atoms with E-state index < -0.39 is 11.7 Å². The van der Waals surface area contributed by atoms with Gasteiger partial charge in [0, 0.05) is 0 Å². The largest absolute Gasteiger partial charge is 0.416 e. The van der Waals surface area contributed by atoms with Gasteiger partial charge < -0.3 is 0 Å². The Labute approximate surface area is 62.7 Å². The number of hydrogen-bond acceptors (Lipinski definition) is 0. The minimum Gasteiger partial charge on any atom is -0.166 e. The summed E-state index contributed by atoms with van der Waals surface area (Å²) >= 11 is 0. The molecule has 0 N–H and O–H groups in total. The standard InChI is InChI=1S/C8H6F3/c1-6-4-2-3-5-7(6)8(9,10)11/h2-3,5H,1H3. The predicted molar refractivity (Wildman–Crippen MR) is 35.0 cm³/mol. The first-order valence-electron chi connectivity index (χ1n) is 3.06. The van der Waals surface area contributed by atoms with Gasteiger partial charge >= 0.3 is 6.18 Å². The molecule has 0 amide bonds. The molecule has 1 rings (SSSR count). The fourth-order valence-corrected chi connectivity index (χ4v) is 0.827. The Morgan fingerprint density at radius 3 is 2.36 bits per heavy atom. The lowest BCUT2D eigenvalue weighted by Gasteiger charge is -2.07. The molecule has 0 aliphatic rings. The van der Waals surface area contributed by atoms with E-state index in [9.17, 15) is 13.2 Å². The van der Waals surface area contributed by atoms with Crippen molar-refractivity contribution in [3.05, 3.63) is 35.4 Å². The van der Waals surface area contributed by atoms with Crippen LogP contribution in [0.3, 0.4) is 0 Å². The van der Waals surface area contributed by atoms with Gasteiger partial charge in [-0.2, -0.15) is 13.2 Å². The summed E-state index contributed by atoms with van der Waals surface area (Å²) in [5.41, 5.74) is -0.472. The zero-order chi connectivity index (χ0) is 8.48. The van der Waals surface area contributed by atoms with Crippen molar-refractivity contribution in [3.8, 4) is 0 Å². The fourth-order valence-electron chi connectivity index (χ4n) is 0.827. The van der Waals surface area contributed by atoms with E-state index >= 15 is 0 Å². The molecule has 0 spiro atoms. The maximum absolute atomic E-state index is 12.0. The third-order valence-corrected chi connectivity index (χ3v) is 1.37. The number of rotatable bonds is 0. The molecule has 0 heterocycles. The highest BCUT2D eigenvalue weighted by Gasteiger charge is 2.31. The molecule has 0 fully saturated rings. The van der Waals surface area contributed by atoms with Crippen molar-refractivity contribution in [2.75, 3.05) is 0 Å². The van der Waals surface area contributed by atoms with E-state index in [1.807, 2.05) is 0 Å². The summed E-state index contributed by atoms with van der Waals surface area (Å²) in [5.74, 6) is 0. The molecular weight excluding hydrogens is 153 g/mol. The Bertz CT molecular complexity index is 250. The van der Waals surface area contributed by atoms with Crippen molar-refractivity contribution in [2.24, 2.45) is 0 Å². The predicted octanol–water partition coefficient (Wildman–Crippen LogP) is 2.81. The molecule has 11 heavy (non-hydrogen) atoms. The molecule has 0 bridgehead atoms. The Kier molecular flexibility index (Phi) is 1.89. The topological polar surface area (TPSA) is 0 Å². The summed E-state index contributed by atoms with van der Waals surface area (Å²) in [5, 5.41) is 0. The maximum atomic E-state index is 12.0. The summed E-state index contributed by atoms with van der Waals surface area (Å²) in [6.07, 6.45) is -4.25. The molecule has 0 aromatic heterocycles. The molecule has 0 aliphatic heterocycles. The monoisotopic (exact) mass is 159 g/mol. The Balaban J connectivity index is 3.14. The van der Waals surface area contributed by atoms with E-state index in [0.717, 1.165) is 6.07 Å². The van der Waals surface area contributed by atoms with E-state index in [4.69, 9.17) is 0 Å². The lowest BCUT2D eigenvalue weighted by Crippen LogP contribution is -2.06. The van der Waals surface area contributed by atoms with Gasteiger partial charge in [-0.15, -0.1) is 0 Å². The second-order valence-corrected chi connectivity index (χ2v) is 2.21. The first-order chi connectivity index (χ1) is 5.02. The van der Waals surface area contributed by atoms with Crippen LogP contribution in [0.2, 0.25) is 0 Å². The average Bonchev–Trinajstić information content (AvgIpc) is 1.86. The Hall–Kier alpha value is -0.990. The molecule has 0 aliphatic carbocycles. The zero-order valence-electron chi connectivity index (χ0n) is 5.87. The summed E-state index contributed by atoms with van der Waals surface area (Å²) in [7, 11) is 0. The molecule has 59 valence electrons. The van der Waals surface area contributed by atoms with Gasteiger partial charge in [0.2, 0.25) is 0 Å². The van der Waals surface area contributed by atoms with Crippen molar-refractivity contribution in [1.82, 2.24) is 0 Å². The summed E-state index contributed by atoms with van der Waals surface area (Å²) < 4.78 is 36.1. The van der Waals surface area contributed by atoms with E-state index in [2.05, 4.69) is 6.07 Å². The van der Waals surface area contributed by atoms with Crippen molar-refractivity contribution in [2.45, 2.75) is 13.1 Å². The smallest absolute Gasteiger partial charge is 0.166 e. The van der Waals surface area contributed by atoms with Gasteiger partial charge in [0.1, 0.15) is 0 Å². The minimum absolute atomic E-state index is 0.139. The molecule has 1 aromatic rings. The number of halogens is 3. The second kappa shape index (κ2) is 2.57. The Morgan fingerprint density at radius 1 is 1.36 bits per heavy atom. The van der Waals surface area contributed by atoms with Gasteiger partial charge in [-0.1, -0.05) is 12.1 Å².